The van der Waals surface area contributed by atoms with Crippen molar-refractivity contribution < 1.29 is 9.21 Å². The van der Waals surface area contributed by atoms with Crippen LogP contribution in [0.15, 0.2) is 77.4 Å². The molecule has 0 aliphatic heterocycles. The van der Waals surface area contributed by atoms with Crippen molar-refractivity contribution in [2.75, 3.05) is 0 Å². The standard InChI is InChI=1S/C17H12O2/c18-17(13-7-2-1-3-8-13)15-10-5-4-9-14(15)16-11-6-12-19-16/h1-12H. The summed E-state index contributed by atoms with van der Waals surface area (Å²) in [5.41, 5.74) is 2.16. The molecule has 0 saturated carbocycles. The molecule has 0 radical (unpaired) electrons. The van der Waals surface area contributed by atoms with Crippen LogP contribution in [-0.4, -0.2) is 5.78 Å². The second kappa shape index (κ2) is 4.94. The lowest BCUT2D eigenvalue weighted by atomic mass is 9.97. The summed E-state index contributed by atoms with van der Waals surface area (Å²) in [6.07, 6.45) is 1.61. The zero-order valence-electron chi connectivity index (χ0n) is 10.2. The van der Waals surface area contributed by atoms with Crippen LogP contribution >= 0.6 is 0 Å². The topological polar surface area (TPSA) is 30.2 Å². The molecule has 0 aliphatic rings. The molecule has 0 aliphatic carbocycles. The fourth-order valence-corrected chi connectivity index (χ4v) is 2.07. The molecule has 1 heterocycles. The van der Waals surface area contributed by atoms with Crippen molar-refractivity contribution >= 4 is 5.78 Å². The second-order valence-electron chi connectivity index (χ2n) is 4.22. The van der Waals surface area contributed by atoms with Gasteiger partial charge in [0.15, 0.2) is 5.78 Å². The molecule has 92 valence electrons. The predicted octanol–water partition coefficient (Wildman–Crippen LogP) is 4.18. The first-order valence-electron chi connectivity index (χ1n) is 6.09. The highest BCUT2D eigenvalue weighted by atomic mass is 16.3. The summed E-state index contributed by atoms with van der Waals surface area (Å²) in [7, 11) is 0. The van der Waals surface area contributed by atoms with Crippen molar-refractivity contribution in [1.29, 1.82) is 0 Å². The number of furan rings is 1. The summed E-state index contributed by atoms with van der Waals surface area (Å²) in [4.78, 5) is 12.5. The molecule has 1 aromatic heterocycles. The third-order valence-electron chi connectivity index (χ3n) is 2.99. The van der Waals surface area contributed by atoms with Crippen molar-refractivity contribution in [3.8, 4) is 11.3 Å². The number of rotatable bonds is 3. The van der Waals surface area contributed by atoms with Gasteiger partial charge in [-0.05, 0) is 12.1 Å². The lowest BCUT2D eigenvalue weighted by Gasteiger charge is -2.06. The quantitative estimate of drug-likeness (QED) is 0.651. The summed E-state index contributed by atoms with van der Waals surface area (Å²) in [6.45, 7) is 0. The lowest BCUT2D eigenvalue weighted by molar-refractivity contribution is 0.103. The zero-order valence-corrected chi connectivity index (χ0v) is 10.2. The van der Waals surface area contributed by atoms with Crippen molar-refractivity contribution in [3.63, 3.8) is 0 Å². The van der Waals surface area contributed by atoms with Gasteiger partial charge in [-0.25, -0.2) is 0 Å². The van der Waals surface area contributed by atoms with Gasteiger partial charge < -0.3 is 4.42 Å². The van der Waals surface area contributed by atoms with Crippen LogP contribution in [0.1, 0.15) is 15.9 Å². The Bertz CT molecular complexity index is 682. The van der Waals surface area contributed by atoms with E-state index >= 15 is 0 Å². The van der Waals surface area contributed by atoms with E-state index in [0.29, 0.717) is 16.9 Å². The molecule has 19 heavy (non-hydrogen) atoms. The van der Waals surface area contributed by atoms with Gasteiger partial charge in [0.1, 0.15) is 5.76 Å². The third-order valence-corrected chi connectivity index (χ3v) is 2.99. The van der Waals surface area contributed by atoms with Gasteiger partial charge in [0.05, 0.1) is 6.26 Å². The van der Waals surface area contributed by atoms with Gasteiger partial charge in [-0.1, -0.05) is 54.6 Å². The van der Waals surface area contributed by atoms with Gasteiger partial charge in [-0.3, -0.25) is 4.79 Å². The van der Waals surface area contributed by atoms with Gasteiger partial charge in [0.25, 0.3) is 0 Å². The van der Waals surface area contributed by atoms with E-state index in [-0.39, 0.29) is 5.78 Å². The SMILES string of the molecule is O=C(c1ccccc1)c1ccccc1-c1ccco1. The Morgan fingerprint density at radius 1 is 0.789 bits per heavy atom. The van der Waals surface area contributed by atoms with E-state index in [0.717, 1.165) is 5.56 Å². The van der Waals surface area contributed by atoms with Crippen LogP contribution in [-0.2, 0) is 0 Å². The van der Waals surface area contributed by atoms with Crippen LogP contribution in [0.3, 0.4) is 0 Å². The molecule has 0 N–H and O–H groups in total. The third kappa shape index (κ3) is 2.20. The number of ketones is 1. The first-order valence-corrected chi connectivity index (χ1v) is 6.09. The summed E-state index contributed by atoms with van der Waals surface area (Å²) in [5.74, 6) is 0.715. The van der Waals surface area contributed by atoms with E-state index in [1.54, 1.807) is 6.26 Å². The molecule has 2 nitrogen and oxygen atoms in total. The first-order chi connectivity index (χ1) is 9.36. The van der Waals surface area contributed by atoms with Gasteiger partial charge in [-0.2, -0.15) is 0 Å². The average Bonchev–Trinajstić information content (AvgIpc) is 3.01. The molecule has 3 rings (SSSR count). The Kier molecular flexibility index (Phi) is 2.99. The van der Waals surface area contributed by atoms with Crippen LogP contribution in [0.4, 0.5) is 0 Å². The van der Waals surface area contributed by atoms with Crippen LogP contribution in [0.5, 0.6) is 0 Å². The molecular formula is C17H12O2. The van der Waals surface area contributed by atoms with E-state index in [2.05, 4.69) is 0 Å². The van der Waals surface area contributed by atoms with Crippen molar-refractivity contribution in [2.45, 2.75) is 0 Å². The normalized spacial score (nSPS) is 10.3. The monoisotopic (exact) mass is 248 g/mol. The van der Waals surface area contributed by atoms with Crippen molar-refractivity contribution in [2.24, 2.45) is 0 Å². The van der Waals surface area contributed by atoms with Gasteiger partial charge >= 0.3 is 0 Å². The molecule has 0 fully saturated rings. The lowest BCUT2D eigenvalue weighted by Crippen LogP contribution is -2.02. The first kappa shape index (κ1) is 11.5. The van der Waals surface area contributed by atoms with Gasteiger partial charge in [0, 0.05) is 16.7 Å². The summed E-state index contributed by atoms with van der Waals surface area (Å²) in [5, 5.41) is 0. The van der Waals surface area contributed by atoms with E-state index < -0.39 is 0 Å². The minimum atomic E-state index is 0.00704. The van der Waals surface area contributed by atoms with E-state index in [1.165, 1.54) is 0 Å². The Hall–Kier alpha value is -2.61. The fourth-order valence-electron chi connectivity index (χ4n) is 2.07. The Balaban J connectivity index is 2.09. The fraction of sp³-hybridized carbons (Fsp3) is 0. The smallest absolute Gasteiger partial charge is 0.193 e. The maximum atomic E-state index is 12.5. The Morgan fingerprint density at radius 2 is 1.53 bits per heavy atom. The zero-order chi connectivity index (χ0) is 13.1. The van der Waals surface area contributed by atoms with Crippen molar-refractivity contribution in [1.82, 2.24) is 0 Å². The number of hydrogen-bond acceptors (Lipinski definition) is 2. The minimum absolute atomic E-state index is 0.00704. The average molecular weight is 248 g/mol. The number of hydrogen-bond donors (Lipinski definition) is 0. The molecule has 0 spiro atoms. The maximum absolute atomic E-state index is 12.5. The van der Waals surface area contributed by atoms with E-state index in [1.807, 2.05) is 66.7 Å². The Labute approximate surface area is 111 Å². The van der Waals surface area contributed by atoms with Crippen LogP contribution in [0, 0.1) is 0 Å². The molecule has 0 atom stereocenters. The largest absolute Gasteiger partial charge is 0.464 e. The van der Waals surface area contributed by atoms with Crippen LogP contribution in [0.2, 0.25) is 0 Å². The molecule has 0 bridgehead atoms. The Morgan fingerprint density at radius 3 is 2.26 bits per heavy atom. The molecule has 0 unspecified atom stereocenters. The highest BCUT2D eigenvalue weighted by Crippen LogP contribution is 2.25. The summed E-state index contributed by atoms with van der Waals surface area (Å²) in [6, 6.07) is 20.4. The molecule has 2 aromatic carbocycles. The van der Waals surface area contributed by atoms with E-state index in [9.17, 15) is 4.79 Å². The molecule has 3 aromatic rings. The van der Waals surface area contributed by atoms with Crippen LogP contribution in [0.25, 0.3) is 11.3 Å². The molecular weight excluding hydrogens is 236 g/mol. The molecule has 0 saturated heterocycles. The summed E-state index contributed by atoms with van der Waals surface area (Å²) < 4.78 is 5.39. The number of carbonyl (C=O) groups is 1. The molecule has 0 amide bonds. The maximum Gasteiger partial charge on any atom is 0.193 e. The minimum Gasteiger partial charge on any atom is -0.464 e. The predicted molar refractivity (Wildman–Crippen MR) is 74.0 cm³/mol. The number of benzene rings is 2. The summed E-state index contributed by atoms with van der Waals surface area (Å²) >= 11 is 0. The highest BCUT2D eigenvalue weighted by molar-refractivity contribution is 6.12. The molecule has 2 heteroatoms. The van der Waals surface area contributed by atoms with Crippen LogP contribution < -0.4 is 0 Å². The van der Waals surface area contributed by atoms with E-state index in [4.69, 9.17) is 4.42 Å². The van der Waals surface area contributed by atoms with Gasteiger partial charge in [-0.15, -0.1) is 0 Å². The highest BCUT2D eigenvalue weighted by Gasteiger charge is 2.15. The van der Waals surface area contributed by atoms with Crippen molar-refractivity contribution in [3.05, 3.63) is 84.1 Å². The van der Waals surface area contributed by atoms with Gasteiger partial charge in [0.2, 0.25) is 0 Å². The second-order valence-corrected chi connectivity index (χ2v) is 4.22. The number of carbonyl (C=O) groups excluding carboxylic acids is 1.